The van der Waals surface area contributed by atoms with Gasteiger partial charge in [0.25, 0.3) is 0 Å². The van der Waals surface area contributed by atoms with Crippen LogP contribution in [0.3, 0.4) is 0 Å². The molecule has 0 aliphatic carbocycles. The number of benzene rings is 2. The number of rotatable bonds is 11. The van der Waals surface area contributed by atoms with Gasteiger partial charge in [-0.3, -0.25) is 9.59 Å². The molecule has 2 rings (SSSR count). The maximum Gasteiger partial charge on any atom is 0.306 e. The normalized spacial score (nSPS) is 11.0. The van der Waals surface area contributed by atoms with Crippen LogP contribution in [-0.2, 0) is 19.1 Å². The first-order valence-corrected chi connectivity index (χ1v) is 9.48. The van der Waals surface area contributed by atoms with Gasteiger partial charge in [0.15, 0.2) is 0 Å². The van der Waals surface area contributed by atoms with E-state index in [0.717, 1.165) is 11.1 Å². The van der Waals surface area contributed by atoms with E-state index >= 15 is 0 Å². The molecule has 0 bridgehead atoms. The second-order valence-electron chi connectivity index (χ2n) is 6.20. The molecule has 4 nitrogen and oxygen atoms in total. The highest BCUT2D eigenvalue weighted by atomic mass is 16.5. The van der Waals surface area contributed by atoms with E-state index in [0.29, 0.717) is 25.7 Å². The number of carbonyl (C=O) groups excluding carboxylic acids is 2. The maximum atomic E-state index is 11.7. The topological polar surface area (TPSA) is 52.6 Å². The molecule has 146 valence electrons. The molecule has 0 fully saturated rings. The first kappa shape index (κ1) is 21.2. The fourth-order valence-corrected chi connectivity index (χ4v) is 2.46. The van der Waals surface area contributed by atoms with E-state index in [9.17, 15) is 9.59 Å². The quantitative estimate of drug-likeness (QED) is 0.405. The Balaban J connectivity index is 1.48. The van der Waals surface area contributed by atoms with Crippen molar-refractivity contribution in [1.29, 1.82) is 0 Å². The summed E-state index contributed by atoms with van der Waals surface area (Å²) < 4.78 is 10.3. The van der Waals surface area contributed by atoms with E-state index in [2.05, 4.69) is 0 Å². The molecule has 0 aliphatic heterocycles. The molecule has 2 aromatic rings. The summed E-state index contributed by atoms with van der Waals surface area (Å²) in [7, 11) is 0. The molecule has 0 unspecified atom stereocenters. The molecule has 0 atom stereocenters. The summed E-state index contributed by atoms with van der Waals surface area (Å²) in [6, 6.07) is 19.6. The summed E-state index contributed by atoms with van der Waals surface area (Å²) in [4.78, 5) is 23.3. The second-order valence-corrected chi connectivity index (χ2v) is 6.20. The molecule has 28 heavy (non-hydrogen) atoms. The summed E-state index contributed by atoms with van der Waals surface area (Å²) in [5, 5.41) is 0. The van der Waals surface area contributed by atoms with E-state index in [1.54, 1.807) is 0 Å². The molecule has 0 heterocycles. The second kappa shape index (κ2) is 13.1. The number of unbranched alkanes of at least 4 members (excludes halogenated alkanes) is 1. The van der Waals surface area contributed by atoms with E-state index in [1.165, 1.54) is 0 Å². The Morgan fingerprint density at radius 2 is 1.04 bits per heavy atom. The van der Waals surface area contributed by atoms with Crippen molar-refractivity contribution >= 4 is 24.1 Å². The molecule has 0 saturated carbocycles. The fraction of sp³-hybridized carbons (Fsp3) is 0.250. The van der Waals surface area contributed by atoms with E-state index < -0.39 is 0 Å². The van der Waals surface area contributed by atoms with Gasteiger partial charge in [0.05, 0.1) is 0 Å². The first-order chi connectivity index (χ1) is 13.7. The zero-order valence-corrected chi connectivity index (χ0v) is 16.0. The average molecular weight is 378 g/mol. The molecule has 0 N–H and O–H groups in total. The molecular weight excluding hydrogens is 352 g/mol. The van der Waals surface area contributed by atoms with Crippen LogP contribution in [0.1, 0.15) is 36.8 Å². The minimum atomic E-state index is -0.253. The van der Waals surface area contributed by atoms with Gasteiger partial charge in [-0.15, -0.1) is 0 Å². The van der Waals surface area contributed by atoms with Crippen LogP contribution in [0.5, 0.6) is 0 Å². The minimum Gasteiger partial charge on any atom is -0.461 e. The summed E-state index contributed by atoms with van der Waals surface area (Å²) in [5.41, 5.74) is 2.13. The van der Waals surface area contributed by atoms with Crippen LogP contribution in [-0.4, -0.2) is 25.2 Å². The van der Waals surface area contributed by atoms with Crippen LogP contribution in [0.15, 0.2) is 72.8 Å². The lowest BCUT2D eigenvalue weighted by Gasteiger charge is -2.03. The molecule has 4 heteroatoms. The van der Waals surface area contributed by atoms with Crippen molar-refractivity contribution in [1.82, 2.24) is 0 Å². The molecule has 2 aromatic carbocycles. The van der Waals surface area contributed by atoms with Crippen molar-refractivity contribution < 1.29 is 19.1 Å². The maximum absolute atomic E-state index is 11.7. The lowest BCUT2D eigenvalue weighted by molar-refractivity contribution is -0.144. The van der Waals surface area contributed by atoms with E-state index in [-0.39, 0.29) is 25.2 Å². The molecule has 0 radical (unpaired) electrons. The standard InChI is InChI=1S/C24H26O4/c25-23(27-19-9-15-21-11-3-1-4-12-21)17-7-8-18-24(26)28-20-10-16-22-13-5-2-6-14-22/h1-6,9-16H,7-8,17-20H2. The first-order valence-electron chi connectivity index (χ1n) is 9.48. The summed E-state index contributed by atoms with van der Waals surface area (Å²) in [5.74, 6) is -0.506. The largest absolute Gasteiger partial charge is 0.461 e. The monoisotopic (exact) mass is 378 g/mol. The predicted octanol–water partition coefficient (Wildman–Crippen LogP) is 5.06. The van der Waals surface area contributed by atoms with Crippen molar-refractivity contribution in [3.05, 3.63) is 83.9 Å². The lowest BCUT2D eigenvalue weighted by Crippen LogP contribution is -2.06. The van der Waals surface area contributed by atoms with Crippen molar-refractivity contribution in [2.45, 2.75) is 25.7 Å². The van der Waals surface area contributed by atoms with Gasteiger partial charge in [-0.05, 0) is 36.1 Å². The van der Waals surface area contributed by atoms with Crippen LogP contribution in [0, 0.1) is 0 Å². The SMILES string of the molecule is O=C(CCCCC(=O)OCC=Cc1ccccc1)OCC=Cc1ccccc1. The van der Waals surface area contributed by atoms with Crippen molar-refractivity contribution in [2.75, 3.05) is 13.2 Å². The Morgan fingerprint density at radius 3 is 1.43 bits per heavy atom. The molecule has 0 amide bonds. The number of hydrogen-bond donors (Lipinski definition) is 0. The Bertz CT molecular complexity index is 696. The van der Waals surface area contributed by atoms with Gasteiger partial charge in [0.1, 0.15) is 13.2 Å². The van der Waals surface area contributed by atoms with Crippen LogP contribution >= 0.6 is 0 Å². The van der Waals surface area contributed by atoms with Crippen molar-refractivity contribution in [3.63, 3.8) is 0 Å². The van der Waals surface area contributed by atoms with Gasteiger partial charge in [-0.2, -0.15) is 0 Å². The van der Waals surface area contributed by atoms with Crippen LogP contribution < -0.4 is 0 Å². The number of hydrogen-bond acceptors (Lipinski definition) is 4. The molecule has 0 saturated heterocycles. The molecule has 0 aromatic heterocycles. The fourth-order valence-electron chi connectivity index (χ4n) is 2.46. The van der Waals surface area contributed by atoms with Crippen molar-refractivity contribution in [3.8, 4) is 0 Å². The van der Waals surface area contributed by atoms with Crippen LogP contribution in [0.4, 0.5) is 0 Å². The van der Waals surface area contributed by atoms with Gasteiger partial charge in [-0.1, -0.05) is 72.8 Å². The van der Waals surface area contributed by atoms with Gasteiger partial charge in [0, 0.05) is 12.8 Å². The summed E-state index contributed by atoms with van der Waals surface area (Å²) in [6.45, 7) is 0.507. The van der Waals surface area contributed by atoms with Crippen LogP contribution in [0.2, 0.25) is 0 Å². The number of carbonyl (C=O) groups is 2. The lowest BCUT2D eigenvalue weighted by atomic mass is 10.2. The van der Waals surface area contributed by atoms with Crippen LogP contribution in [0.25, 0.3) is 12.2 Å². The van der Waals surface area contributed by atoms with Crippen molar-refractivity contribution in [2.24, 2.45) is 0 Å². The third kappa shape index (κ3) is 9.53. The third-order valence-corrected chi connectivity index (χ3v) is 3.91. The summed E-state index contributed by atoms with van der Waals surface area (Å²) in [6.07, 6.45) is 9.28. The smallest absolute Gasteiger partial charge is 0.306 e. The predicted molar refractivity (Wildman–Crippen MR) is 111 cm³/mol. The van der Waals surface area contributed by atoms with Gasteiger partial charge in [0.2, 0.25) is 0 Å². The number of ether oxygens (including phenoxy) is 2. The molecular formula is C24H26O4. The zero-order chi connectivity index (χ0) is 19.9. The van der Waals surface area contributed by atoms with E-state index in [4.69, 9.17) is 9.47 Å². The molecule has 0 aliphatic rings. The minimum absolute atomic E-state index is 0.253. The average Bonchev–Trinajstić information content (AvgIpc) is 2.73. The zero-order valence-electron chi connectivity index (χ0n) is 16.0. The Labute approximate surface area is 166 Å². The molecule has 0 spiro atoms. The Kier molecular flexibility index (Phi) is 9.90. The van der Waals surface area contributed by atoms with E-state index in [1.807, 2.05) is 85.0 Å². The highest BCUT2D eigenvalue weighted by Gasteiger charge is 2.05. The Hall–Kier alpha value is -3.14. The van der Waals surface area contributed by atoms with Gasteiger partial charge < -0.3 is 9.47 Å². The van der Waals surface area contributed by atoms with Gasteiger partial charge >= 0.3 is 11.9 Å². The van der Waals surface area contributed by atoms with Gasteiger partial charge in [-0.25, -0.2) is 0 Å². The third-order valence-electron chi connectivity index (χ3n) is 3.91. The highest BCUT2D eigenvalue weighted by Crippen LogP contribution is 2.05. The Morgan fingerprint density at radius 1 is 0.643 bits per heavy atom. The number of esters is 2. The summed E-state index contributed by atoms with van der Waals surface area (Å²) >= 11 is 0. The highest BCUT2D eigenvalue weighted by molar-refractivity contribution is 5.71.